The summed E-state index contributed by atoms with van der Waals surface area (Å²) in [6, 6.07) is 7.85. The number of hydrogen-bond acceptors (Lipinski definition) is 4. The van der Waals surface area contributed by atoms with Crippen LogP contribution in [0.4, 0.5) is 0 Å². The van der Waals surface area contributed by atoms with Crippen molar-refractivity contribution in [1.82, 2.24) is 14.6 Å². The molecule has 0 aromatic carbocycles. The zero-order chi connectivity index (χ0) is 11.0. The lowest BCUT2D eigenvalue weighted by molar-refractivity contribution is 0.944. The van der Waals surface area contributed by atoms with Gasteiger partial charge in [0.05, 0.1) is 4.88 Å². The van der Waals surface area contributed by atoms with Crippen molar-refractivity contribution in [2.45, 2.75) is 0 Å². The first-order valence-corrected chi connectivity index (χ1v) is 5.55. The number of thiophene rings is 1. The molecule has 0 aliphatic heterocycles. The van der Waals surface area contributed by atoms with E-state index in [1.54, 1.807) is 34.3 Å². The van der Waals surface area contributed by atoms with Gasteiger partial charge in [-0.15, -0.1) is 11.3 Å². The van der Waals surface area contributed by atoms with Gasteiger partial charge in [0.15, 0.2) is 5.65 Å². The van der Waals surface area contributed by atoms with Crippen molar-refractivity contribution in [2.75, 3.05) is 0 Å². The average Bonchev–Trinajstić information content (AvgIpc) is 2.95. The molecular weight excluding hydrogens is 220 g/mol. The minimum Gasteiger partial charge on any atom is -0.236 e. The van der Waals surface area contributed by atoms with Crippen molar-refractivity contribution < 1.29 is 0 Å². The predicted octanol–water partition coefficient (Wildman–Crippen LogP) is 2.33. The van der Waals surface area contributed by atoms with Crippen LogP contribution in [0.15, 0.2) is 36.0 Å². The molecule has 0 unspecified atom stereocenters. The van der Waals surface area contributed by atoms with Crippen molar-refractivity contribution in [3.05, 3.63) is 41.5 Å². The second-order valence-corrected chi connectivity index (χ2v) is 4.15. The van der Waals surface area contributed by atoms with Gasteiger partial charge in [-0.25, -0.2) is 9.50 Å². The minimum absolute atomic E-state index is 0.531. The monoisotopic (exact) mass is 226 g/mol. The number of rotatable bonds is 1. The Morgan fingerprint density at radius 3 is 3.06 bits per heavy atom. The minimum atomic E-state index is 0.531. The Labute approximate surface area is 95.4 Å². The first-order chi connectivity index (χ1) is 7.90. The molecule has 0 aliphatic carbocycles. The van der Waals surface area contributed by atoms with Crippen LogP contribution in [-0.2, 0) is 0 Å². The van der Waals surface area contributed by atoms with E-state index >= 15 is 0 Å². The summed E-state index contributed by atoms with van der Waals surface area (Å²) < 4.78 is 1.63. The van der Waals surface area contributed by atoms with Gasteiger partial charge in [-0.3, -0.25) is 0 Å². The SMILES string of the molecule is N#Cc1c(-c2cccs2)nn2cccnc12. The van der Waals surface area contributed by atoms with E-state index in [0.29, 0.717) is 16.9 Å². The van der Waals surface area contributed by atoms with E-state index in [0.717, 1.165) is 4.88 Å². The van der Waals surface area contributed by atoms with Crippen LogP contribution >= 0.6 is 11.3 Å². The second kappa shape index (κ2) is 3.43. The first-order valence-electron chi connectivity index (χ1n) is 4.67. The Morgan fingerprint density at radius 1 is 1.38 bits per heavy atom. The highest BCUT2D eigenvalue weighted by atomic mass is 32.1. The Morgan fingerprint density at radius 2 is 2.31 bits per heavy atom. The van der Waals surface area contributed by atoms with Crippen LogP contribution in [0.25, 0.3) is 16.2 Å². The summed E-state index contributed by atoms with van der Waals surface area (Å²) in [7, 11) is 0. The molecule has 16 heavy (non-hydrogen) atoms. The largest absolute Gasteiger partial charge is 0.236 e. The number of nitrogens with zero attached hydrogens (tertiary/aromatic N) is 4. The topological polar surface area (TPSA) is 54.0 Å². The summed E-state index contributed by atoms with van der Waals surface area (Å²) in [5.74, 6) is 0. The zero-order valence-corrected chi connectivity index (χ0v) is 8.98. The molecule has 0 aliphatic rings. The van der Waals surface area contributed by atoms with Gasteiger partial charge in [0.2, 0.25) is 0 Å². The highest BCUT2D eigenvalue weighted by molar-refractivity contribution is 7.13. The molecular formula is C11H6N4S. The maximum atomic E-state index is 9.17. The summed E-state index contributed by atoms with van der Waals surface area (Å²) in [4.78, 5) is 5.15. The lowest BCUT2D eigenvalue weighted by Gasteiger charge is -1.88. The standard InChI is InChI=1S/C11H6N4S/c12-7-8-10(9-3-1-6-16-9)14-15-5-2-4-13-11(8)15/h1-6H. The van der Waals surface area contributed by atoms with Gasteiger partial charge in [-0.2, -0.15) is 10.4 Å². The van der Waals surface area contributed by atoms with Gasteiger partial charge in [0.25, 0.3) is 0 Å². The number of nitriles is 1. The summed E-state index contributed by atoms with van der Waals surface area (Å²) in [6.07, 6.45) is 3.45. The fourth-order valence-corrected chi connectivity index (χ4v) is 2.29. The van der Waals surface area contributed by atoms with Crippen LogP contribution in [-0.4, -0.2) is 14.6 Å². The van der Waals surface area contributed by atoms with Gasteiger partial charge < -0.3 is 0 Å². The van der Waals surface area contributed by atoms with Gasteiger partial charge in [0.1, 0.15) is 17.3 Å². The van der Waals surface area contributed by atoms with Crippen molar-refractivity contribution in [3.8, 4) is 16.6 Å². The summed E-state index contributed by atoms with van der Waals surface area (Å²) >= 11 is 1.57. The summed E-state index contributed by atoms with van der Waals surface area (Å²) in [6.45, 7) is 0. The molecule has 0 radical (unpaired) electrons. The molecule has 0 saturated carbocycles. The Bertz CT molecular complexity index is 676. The molecule has 3 rings (SSSR count). The molecule has 0 amide bonds. The average molecular weight is 226 g/mol. The van der Waals surface area contributed by atoms with Crippen molar-refractivity contribution in [1.29, 1.82) is 5.26 Å². The first kappa shape index (κ1) is 9.07. The smallest absolute Gasteiger partial charge is 0.173 e. The third kappa shape index (κ3) is 1.21. The normalized spacial score (nSPS) is 10.4. The van der Waals surface area contributed by atoms with Crippen LogP contribution in [0.2, 0.25) is 0 Å². The van der Waals surface area contributed by atoms with Crippen LogP contribution in [0.3, 0.4) is 0 Å². The molecule has 0 atom stereocenters. The van der Waals surface area contributed by atoms with Crippen molar-refractivity contribution in [3.63, 3.8) is 0 Å². The molecule has 0 fully saturated rings. The van der Waals surface area contributed by atoms with E-state index in [2.05, 4.69) is 16.2 Å². The molecule has 4 nitrogen and oxygen atoms in total. The molecule has 0 saturated heterocycles. The van der Waals surface area contributed by atoms with Gasteiger partial charge in [-0.05, 0) is 17.5 Å². The summed E-state index contributed by atoms with van der Waals surface area (Å²) in [5, 5.41) is 15.5. The third-order valence-electron chi connectivity index (χ3n) is 2.26. The van der Waals surface area contributed by atoms with Crippen LogP contribution in [0.1, 0.15) is 5.56 Å². The predicted molar refractivity (Wildman–Crippen MR) is 61.0 cm³/mol. The third-order valence-corrected chi connectivity index (χ3v) is 3.14. The highest BCUT2D eigenvalue weighted by Crippen LogP contribution is 2.27. The van der Waals surface area contributed by atoms with Gasteiger partial charge in [-0.1, -0.05) is 6.07 Å². The number of aromatic nitrogens is 3. The fourth-order valence-electron chi connectivity index (χ4n) is 1.58. The molecule has 0 N–H and O–H groups in total. The van der Waals surface area contributed by atoms with Gasteiger partial charge >= 0.3 is 0 Å². The van der Waals surface area contributed by atoms with Gasteiger partial charge in [0, 0.05) is 12.4 Å². The summed E-state index contributed by atoms with van der Waals surface area (Å²) in [5.41, 5.74) is 1.84. The van der Waals surface area contributed by atoms with E-state index in [1.165, 1.54) is 0 Å². The molecule has 3 aromatic rings. The molecule has 3 aromatic heterocycles. The molecule has 0 spiro atoms. The molecule has 5 heteroatoms. The number of hydrogen-bond donors (Lipinski definition) is 0. The highest BCUT2D eigenvalue weighted by Gasteiger charge is 2.15. The lowest BCUT2D eigenvalue weighted by atomic mass is 10.2. The van der Waals surface area contributed by atoms with E-state index in [4.69, 9.17) is 5.26 Å². The molecule has 76 valence electrons. The van der Waals surface area contributed by atoms with Crippen LogP contribution in [0.5, 0.6) is 0 Å². The lowest BCUT2D eigenvalue weighted by Crippen LogP contribution is -1.87. The van der Waals surface area contributed by atoms with E-state index in [-0.39, 0.29) is 0 Å². The fraction of sp³-hybridized carbons (Fsp3) is 0. The molecule has 0 bridgehead atoms. The Hall–Kier alpha value is -2.19. The van der Waals surface area contributed by atoms with Crippen molar-refractivity contribution in [2.24, 2.45) is 0 Å². The second-order valence-electron chi connectivity index (χ2n) is 3.20. The zero-order valence-electron chi connectivity index (χ0n) is 8.16. The number of fused-ring (bicyclic) bond motifs is 1. The van der Waals surface area contributed by atoms with Crippen LogP contribution < -0.4 is 0 Å². The quantitative estimate of drug-likeness (QED) is 0.640. The van der Waals surface area contributed by atoms with E-state index < -0.39 is 0 Å². The maximum Gasteiger partial charge on any atom is 0.173 e. The molecule has 3 heterocycles. The van der Waals surface area contributed by atoms with E-state index in [9.17, 15) is 0 Å². The maximum absolute atomic E-state index is 9.17. The van der Waals surface area contributed by atoms with Crippen molar-refractivity contribution >= 4 is 17.0 Å². The Balaban J connectivity index is 2.38. The Kier molecular flexibility index (Phi) is 1.95. The van der Waals surface area contributed by atoms with E-state index in [1.807, 2.05) is 17.5 Å². The van der Waals surface area contributed by atoms with Crippen LogP contribution in [0, 0.1) is 11.3 Å².